The summed E-state index contributed by atoms with van der Waals surface area (Å²) in [4.78, 5) is 11.9. The fraction of sp³-hybridized carbons (Fsp3) is 0.500. The van der Waals surface area contributed by atoms with Crippen molar-refractivity contribution in [1.29, 1.82) is 0 Å². The first-order chi connectivity index (χ1) is 9.63. The van der Waals surface area contributed by atoms with Gasteiger partial charge in [-0.05, 0) is 12.0 Å². The minimum Gasteiger partial charge on any atom is -0.374 e. The van der Waals surface area contributed by atoms with Gasteiger partial charge in [-0.25, -0.2) is 8.78 Å². The first-order valence-corrected chi connectivity index (χ1v) is 6.51. The highest BCUT2D eigenvalue weighted by Gasteiger charge is 2.16. The molecule has 0 spiro atoms. The molecule has 0 radical (unpaired) electrons. The number of benzene rings is 1. The number of carbonyl (C=O) groups is 1. The van der Waals surface area contributed by atoms with Gasteiger partial charge in [0, 0.05) is 13.1 Å². The molecule has 20 heavy (non-hydrogen) atoms. The molecule has 1 unspecified atom stereocenters. The van der Waals surface area contributed by atoms with E-state index < -0.39 is 13.0 Å². The number of ether oxygens (including phenoxy) is 1. The maximum absolute atomic E-state index is 11.9. The zero-order valence-electron chi connectivity index (χ0n) is 11.2. The molecule has 0 aliphatic rings. The topological polar surface area (TPSA) is 64.4 Å². The summed E-state index contributed by atoms with van der Waals surface area (Å²) in [6, 6.07) is 9.57. The Morgan fingerprint density at radius 1 is 1.30 bits per heavy atom. The van der Waals surface area contributed by atoms with Crippen LogP contribution in [-0.4, -0.2) is 38.6 Å². The van der Waals surface area contributed by atoms with Crippen LogP contribution in [0.2, 0.25) is 0 Å². The molecule has 3 N–H and O–H groups in total. The van der Waals surface area contributed by atoms with Crippen molar-refractivity contribution in [1.82, 2.24) is 5.32 Å². The third kappa shape index (κ3) is 6.58. The van der Waals surface area contributed by atoms with Gasteiger partial charge in [0.1, 0.15) is 6.61 Å². The Labute approximate surface area is 117 Å². The molecule has 0 aromatic heterocycles. The van der Waals surface area contributed by atoms with Crippen LogP contribution >= 0.6 is 0 Å². The Bertz CT molecular complexity index is 388. The smallest absolute Gasteiger partial charge is 0.261 e. The van der Waals surface area contributed by atoms with E-state index in [2.05, 4.69) is 10.1 Å². The molecule has 1 aromatic carbocycles. The second-order valence-corrected chi connectivity index (χ2v) is 4.38. The monoisotopic (exact) mass is 286 g/mol. The molecular weight excluding hydrogens is 266 g/mol. The summed E-state index contributed by atoms with van der Waals surface area (Å²) in [5, 5.41) is 2.64. The van der Waals surface area contributed by atoms with E-state index in [-0.39, 0.29) is 31.5 Å². The highest BCUT2D eigenvalue weighted by molar-refractivity contribution is 5.79. The molecule has 1 rings (SSSR count). The quantitative estimate of drug-likeness (QED) is 0.671. The molecule has 4 nitrogen and oxygen atoms in total. The molecule has 0 fully saturated rings. The van der Waals surface area contributed by atoms with Crippen LogP contribution in [0, 0.1) is 5.92 Å². The van der Waals surface area contributed by atoms with Crippen molar-refractivity contribution < 1.29 is 18.3 Å². The molecule has 0 heterocycles. The zero-order valence-corrected chi connectivity index (χ0v) is 11.2. The number of nitrogens with two attached hydrogens (primary N) is 1. The van der Waals surface area contributed by atoms with Crippen molar-refractivity contribution in [3.63, 3.8) is 0 Å². The molecule has 0 bridgehead atoms. The predicted molar refractivity (Wildman–Crippen MR) is 72.5 cm³/mol. The lowest BCUT2D eigenvalue weighted by molar-refractivity contribution is -0.125. The van der Waals surface area contributed by atoms with E-state index in [1.165, 1.54) is 0 Å². The van der Waals surface area contributed by atoms with Crippen molar-refractivity contribution in [3.8, 4) is 0 Å². The lowest BCUT2D eigenvalue weighted by Crippen LogP contribution is -2.38. The van der Waals surface area contributed by atoms with E-state index >= 15 is 0 Å². The van der Waals surface area contributed by atoms with Crippen molar-refractivity contribution in [2.24, 2.45) is 11.7 Å². The summed E-state index contributed by atoms with van der Waals surface area (Å²) >= 11 is 0. The van der Waals surface area contributed by atoms with Crippen LogP contribution in [-0.2, 0) is 16.0 Å². The van der Waals surface area contributed by atoms with E-state index in [0.717, 1.165) is 5.56 Å². The predicted octanol–water partition coefficient (Wildman–Crippen LogP) is 1.20. The van der Waals surface area contributed by atoms with Crippen LogP contribution in [0.25, 0.3) is 0 Å². The van der Waals surface area contributed by atoms with Gasteiger partial charge in [0.15, 0.2) is 0 Å². The van der Waals surface area contributed by atoms with E-state index in [9.17, 15) is 13.6 Å². The average Bonchev–Trinajstić information content (AvgIpc) is 2.45. The van der Waals surface area contributed by atoms with Crippen LogP contribution in [0.4, 0.5) is 8.78 Å². The van der Waals surface area contributed by atoms with Crippen molar-refractivity contribution >= 4 is 5.91 Å². The van der Waals surface area contributed by atoms with Gasteiger partial charge in [-0.1, -0.05) is 30.3 Å². The van der Waals surface area contributed by atoms with Crippen LogP contribution < -0.4 is 11.1 Å². The van der Waals surface area contributed by atoms with Gasteiger partial charge < -0.3 is 15.8 Å². The van der Waals surface area contributed by atoms with Crippen molar-refractivity contribution in [2.75, 3.05) is 26.3 Å². The Balaban J connectivity index is 2.29. The summed E-state index contributed by atoms with van der Waals surface area (Å²) < 4.78 is 28.3. The van der Waals surface area contributed by atoms with Gasteiger partial charge in [0.05, 0.1) is 12.5 Å². The number of carbonyl (C=O) groups excluding carboxylic acids is 1. The van der Waals surface area contributed by atoms with Crippen LogP contribution in [0.15, 0.2) is 30.3 Å². The SMILES string of the molecule is NCC(Cc1ccccc1)C(=O)NCCOCC(F)F. The highest BCUT2D eigenvalue weighted by atomic mass is 19.3. The average molecular weight is 286 g/mol. The molecule has 1 amide bonds. The second kappa shape index (κ2) is 9.39. The van der Waals surface area contributed by atoms with E-state index in [0.29, 0.717) is 6.42 Å². The third-order valence-electron chi connectivity index (χ3n) is 2.77. The summed E-state index contributed by atoms with van der Waals surface area (Å²) in [5.74, 6) is -0.510. The largest absolute Gasteiger partial charge is 0.374 e. The van der Waals surface area contributed by atoms with Crippen molar-refractivity contribution in [2.45, 2.75) is 12.8 Å². The lowest BCUT2D eigenvalue weighted by Gasteiger charge is -2.15. The number of rotatable bonds is 9. The van der Waals surface area contributed by atoms with Gasteiger partial charge in [-0.2, -0.15) is 0 Å². The first-order valence-electron chi connectivity index (χ1n) is 6.51. The Morgan fingerprint density at radius 3 is 2.60 bits per heavy atom. The molecule has 112 valence electrons. The second-order valence-electron chi connectivity index (χ2n) is 4.38. The summed E-state index contributed by atoms with van der Waals surface area (Å²) in [5.41, 5.74) is 6.63. The molecule has 0 saturated carbocycles. The van der Waals surface area contributed by atoms with Gasteiger partial charge in [0.25, 0.3) is 6.43 Å². The standard InChI is InChI=1S/C14H20F2N2O2/c15-13(16)10-20-7-6-18-14(19)12(9-17)8-11-4-2-1-3-5-11/h1-5,12-13H,6-10,17H2,(H,18,19). The molecule has 0 aliphatic carbocycles. The first kappa shape index (κ1) is 16.5. The number of alkyl halides is 2. The third-order valence-corrected chi connectivity index (χ3v) is 2.77. The maximum atomic E-state index is 11.9. The number of hydrogen-bond donors (Lipinski definition) is 2. The maximum Gasteiger partial charge on any atom is 0.261 e. The molecule has 1 aromatic rings. The molecular formula is C14H20F2N2O2. The van der Waals surface area contributed by atoms with Gasteiger partial charge in [-0.3, -0.25) is 4.79 Å². The number of amides is 1. The van der Waals surface area contributed by atoms with Gasteiger partial charge in [0.2, 0.25) is 5.91 Å². The van der Waals surface area contributed by atoms with Gasteiger partial charge >= 0.3 is 0 Å². The van der Waals surface area contributed by atoms with Crippen molar-refractivity contribution in [3.05, 3.63) is 35.9 Å². The van der Waals surface area contributed by atoms with E-state index in [4.69, 9.17) is 5.73 Å². The summed E-state index contributed by atoms with van der Waals surface area (Å²) in [7, 11) is 0. The Morgan fingerprint density at radius 2 is 2.00 bits per heavy atom. The van der Waals surface area contributed by atoms with Crippen LogP contribution in [0.1, 0.15) is 5.56 Å². The van der Waals surface area contributed by atoms with Crippen LogP contribution in [0.5, 0.6) is 0 Å². The molecule has 6 heteroatoms. The van der Waals surface area contributed by atoms with E-state index in [1.807, 2.05) is 30.3 Å². The number of nitrogens with one attached hydrogen (secondary N) is 1. The Hall–Kier alpha value is -1.53. The van der Waals surface area contributed by atoms with Crippen LogP contribution in [0.3, 0.4) is 0 Å². The highest BCUT2D eigenvalue weighted by Crippen LogP contribution is 2.07. The minimum atomic E-state index is -2.49. The fourth-order valence-corrected chi connectivity index (χ4v) is 1.74. The normalized spacial score (nSPS) is 12.4. The van der Waals surface area contributed by atoms with Gasteiger partial charge in [-0.15, -0.1) is 0 Å². The zero-order chi connectivity index (χ0) is 14.8. The summed E-state index contributed by atoms with van der Waals surface area (Å²) in [6.45, 7) is -0.103. The lowest BCUT2D eigenvalue weighted by atomic mass is 9.98. The number of halogens is 2. The Kier molecular flexibility index (Phi) is 7.75. The molecule has 0 aliphatic heterocycles. The minimum absolute atomic E-state index is 0.0682. The number of hydrogen-bond acceptors (Lipinski definition) is 3. The molecule has 0 saturated heterocycles. The summed E-state index contributed by atoms with van der Waals surface area (Å²) in [6.07, 6.45) is -1.93. The fourth-order valence-electron chi connectivity index (χ4n) is 1.74. The van der Waals surface area contributed by atoms with E-state index in [1.54, 1.807) is 0 Å². The molecule has 1 atom stereocenters.